The van der Waals surface area contributed by atoms with E-state index >= 15 is 0 Å². The fourth-order valence-electron chi connectivity index (χ4n) is 4.65. The number of rotatable bonds is 4. The summed E-state index contributed by atoms with van der Waals surface area (Å²) in [4.78, 5) is 0. The highest BCUT2D eigenvalue weighted by atomic mass is 79.9. The van der Waals surface area contributed by atoms with Gasteiger partial charge in [-0.3, -0.25) is 0 Å². The van der Waals surface area contributed by atoms with Crippen molar-refractivity contribution in [3.05, 3.63) is 28.2 Å². The molecule has 2 bridgehead atoms. The van der Waals surface area contributed by atoms with Gasteiger partial charge in [0, 0.05) is 12.6 Å². The summed E-state index contributed by atoms with van der Waals surface area (Å²) in [5.74, 6) is 5.04. The molecule has 3 aliphatic carbocycles. The Balaban J connectivity index is 1.37. The molecule has 0 radical (unpaired) electrons. The summed E-state index contributed by atoms with van der Waals surface area (Å²) in [6.07, 6.45) is 4.53. The molecule has 2 nitrogen and oxygen atoms in total. The molecule has 0 heterocycles. The summed E-state index contributed by atoms with van der Waals surface area (Å²) >= 11 is 3.55. The minimum Gasteiger partial charge on any atom is -0.496 e. The molecule has 4 atom stereocenters. The molecular formula is C16H20BrNO. The zero-order chi connectivity index (χ0) is 13.0. The van der Waals surface area contributed by atoms with Crippen molar-refractivity contribution >= 4 is 15.9 Å². The Morgan fingerprint density at radius 1 is 1.26 bits per heavy atom. The van der Waals surface area contributed by atoms with Crippen molar-refractivity contribution in [1.82, 2.24) is 5.32 Å². The van der Waals surface area contributed by atoms with E-state index in [1.165, 1.54) is 24.8 Å². The van der Waals surface area contributed by atoms with Crippen molar-refractivity contribution in [2.24, 2.45) is 23.7 Å². The standard InChI is InChI=1S/C16H20BrNO/c1-19-13-5-2-9(6-12(13)17)8-18-16-14-10-3-4-11(7-10)15(14)16/h2,5-6,10-11,14-16,18H,3-4,7-8H2,1H3. The second-order valence-electron chi connectivity index (χ2n) is 6.36. The molecule has 0 aliphatic heterocycles. The number of nitrogens with one attached hydrogen (secondary N) is 1. The summed E-state index contributed by atoms with van der Waals surface area (Å²) in [5, 5.41) is 3.78. The van der Waals surface area contributed by atoms with E-state index in [9.17, 15) is 0 Å². The quantitative estimate of drug-likeness (QED) is 0.915. The summed E-state index contributed by atoms with van der Waals surface area (Å²) in [5.41, 5.74) is 1.34. The van der Waals surface area contributed by atoms with Crippen molar-refractivity contribution in [3.63, 3.8) is 0 Å². The lowest BCUT2D eigenvalue weighted by molar-refractivity contribution is 0.411. The maximum Gasteiger partial charge on any atom is 0.133 e. The van der Waals surface area contributed by atoms with Crippen LogP contribution in [0.4, 0.5) is 0 Å². The Bertz CT molecular complexity index is 488. The van der Waals surface area contributed by atoms with Gasteiger partial charge in [0.15, 0.2) is 0 Å². The molecule has 1 N–H and O–H groups in total. The zero-order valence-corrected chi connectivity index (χ0v) is 12.8. The van der Waals surface area contributed by atoms with Crippen LogP contribution in [0.5, 0.6) is 5.75 Å². The van der Waals surface area contributed by atoms with Crippen LogP contribution in [-0.4, -0.2) is 13.2 Å². The SMILES string of the molecule is COc1ccc(CNC2C3C4CCC(C4)C23)cc1Br. The first-order valence-corrected chi connectivity index (χ1v) is 8.13. The maximum atomic E-state index is 5.27. The van der Waals surface area contributed by atoms with E-state index < -0.39 is 0 Å². The molecule has 0 saturated heterocycles. The van der Waals surface area contributed by atoms with E-state index in [1.54, 1.807) is 7.11 Å². The monoisotopic (exact) mass is 321 g/mol. The third kappa shape index (κ3) is 1.93. The summed E-state index contributed by atoms with van der Waals surface area (Å²) in [6.45, 7) is 0.986. The molecule has 0 spiro atoms. The Hall–Kier alpha value is -0.540. The summed E-state index contributed by atoms with van der Waals surface area (Å²) < 4.78 is 6.31. The Morgan fingerprint density at radius 3 is 2.63 bits per heavy atom. The van der Waals surface area contributed by atoms with E-state index in [4.69, 9.17) is 4.74 Å². The number of methoxy groups -OCH3 is 1. The van der Waals surface area contributed by atoms with Gasteiger partial charge >= 0.3 is 0 Å². The fraction of sp³-hybridized carbons (Fsp3) is 0.625. The van der Waals surface area contributed by atoms with Gasteiger partial charge in [-0.05, 0) is 76.6 Å². The molecule has 4 rings (SSSR count). The number of fused-ring (bicyclic) bond motifs is 5. The molecule has 3 aliphatic rings. The first-order chi connectivity index (χ1) is 9.28. The smallest absolute Gasteiger partial charge is 0.133 e. The summed E-state index contributed by atoms with van der Waals surface area (Å²) in [7, 11) is 1.71. The van der Waals surface area contributed by atoms with Crippen LogP contribution in [0.2, 0.25) is 0 Å². The molecule has 3 saturated carbocycles. The molecule has 0 amide bonds. The lowest BCUT2D eigenvalue weighted by Crippen LogP contribution is -2.22. The van der Waals surface area contributed by atoms with Gasteiger partial charge in [0.05, 0.1) is 11.6 Å². The van der Waals surface area contributed by atoms with Gasteiger partial charge < -0.3 is 10.1 Å². The minimum absolute atomic E-state index is 0.812. The predicted octanol–water partition coefficient (Wildman–Crippen LogP) is 3.59. The molecule has 0 aromatic heterocycles. The predicted molar refractivity (Wildman–Crippen MR) is 79.1 cm³/mol. The fourth-order valence-corrected chi connectivity index (χ4v) is 5.24. The van der Waals surface area contributed by atoms with E-state index in [0.29, 0.717) is 0 Å². The topological polar surface area (TPSA) is 21.3 Å². The van der Waals surface area contributed by atoms with Gasteiger partial charge in [0.2, 0.25) is 0 Å². The number of hydrogen-bond donors (Lipinski definition) is 1. The third-order valence-corrected chi connectivity index (χ3v) is 6.11. The van der Waals surface area contributed by atoms with Gasteiger partial charge in [-0.25, -0.2) is 0 Å². The first-order valence-electron chi connectivity index (χ1n) is 7.33. The first kappa shape index (κ1) is 12.2. The van der Waals surface area contributed by atoms with Crippen LogP contribution in [0.3, 0.4) is 0 Å². The Labute approximate surface area is 123 Å². The highest BCUT2D eigenvalue weighted by molar-refractivity contribution is 9.10. The van der Waals surface area contributed by atoms with Crippen molar-refractivity contribution in [2.75, 3.05) is 7.11 Å². The van der Waals surface area contributed by atoms with E-state index in [1.807, 2.05) is 6.07 Å². The normalized spacial score (nSPS) is 38.3. The minimum atomic E-state index is 0.812. The van der Waals surface area contributed by atoms with Crippen LogP contribution in [0, 0.1) is 23.7 Å². The van der Waals surface area contributed by atoms with Gasteiger partial charge in [0.25, 0.3) is 0 Å². The molecule has 1 aromatic carbocycles. The van der Waals surface area contributed by atoms with E-state index in [0.717, 1.165) is 46.5 Å². The van der Waals surface area contributed by atoms with Crippen LogP contribution >= 0.6 is 15.9 Å². The van der Waals surface area contributed by atoms with Crippen LogP contribution in [0.1, 0.15) is 24.8 Å². The Morgan fingerprint density at radius 2 is 2.00 bits per heavy atom. The number of ether oxygens (including phenoxy) is 1. The number of hydrogen-bond acceptors (Lipinski definition) is 2. The van der Waals surface area contributed by atoms with Gasteiger partial charge in [-0.2, -0.15) is 0 Å². The van der Waals surface area contributed by atoms with Crippen molar-refractivity contribution in [1.29, 1.82) is 0 Å². The molecule has 3 heteroatoms. The highest BCUT2D eigenvalue weighted by Gasteiger charge is 2.64. The van der Waals surface area contributed by atoms with Crippen LogP contribution in [0.15, 0.2) is 22.7 Å². The average Bonchev–Trinajstić information content (AvgIpc) is 2.80. The second-order valence-corrected chi connectivity index (χ2v) is 7.22. The molecule has 1 aromatic rings. The lowest BCUT2D eigenvalue weighted by Gasteiger charge is -2.11. The van der Waals surface area contributed by atoms with Crippen LogP contribution in [-0.2, 0) is 6.54 Å². The average molecular weight is 322 g/mol. The van der Waals surface area contributed by atoms with E-state index in [2.05, 4.69) is 33.4 Å². The van der Waals surface area contributed by atoms with Crippen molar-refractivity contribution in [3.8, 4) is 5.75 Å². The summed E-state index contributed by atoms with van der Waals surface area (Å²) in [6, 6.07) is 7.17. The number of benzene rings is 1. The molecule has 4 unspecified atom stereocenters. The largest absolute Gasteiger partial charge is 0.496 e. The van der Waals surface area contributed by atoms with Gasteiger partial charge in [-0.1, -0.05) is 6.07 Å². The highest BCUT2D eigenvalue weighted by Crippen LogP contribution is 2.65. The molecule has 3 fully saturated rings. The van der Waals surface area contributed by atoms with Gasteiger partial charge in [0.1, 0.15) is 5.75 Å². The van der Waals surface area contributed by atoms with Crippen molar-refractivity contribution < 1.29 is 4.74 Å². The maximum absolute atomic E-state index is 5.27. The van der Waals surface area contributed by atoms with Crippen LogP contribution < -0.4 is 10.1 Å². The zero-order valence-electron chi connectivity index (χ0n) is 11.2. The molecule has 102 valence electrons. The molecular weight excluding hydrogens is 302 g/mol. The second kappa shape index (κ2) is 4.49. The Kier molecular flexibility index (Phi) is 2.89. The molecule has 19 heavy (non-hydrogen) atoms. The lowest BCUT2D eigenvalue weighted by atomic mass is 10.0. The van der Waals surface area contributed by atoms with E-state index in [-0.39, 0.29) is 0 Å². The van der Waals surface area contributed by atoms with Gasteiger partial charge in [-0.15, -0.1) is 0 Å². The number of halogens is 1. The van der Waals surface area contributed by atoms with Crippen LogP contribution in [0.25, 0.3) is 0 Å². The van der Waals surface area contributed by atoms with Crippen molar-refractivity contribution in [2.45, 2.75) is 31.8 Å². The third-order valence-electron chi connectivity index (χ3n) is 5.49.